The molecule has 0 fully saturated rings. The number of likely N-dealkylation sites (N-methyl/N-ethyl adjacent to an activating group) is 1. The van der Waals surface area contributed by atoms with Crippen molar-refractivity contribution in [2.45, 2.75) is 46.4 Å². The van der Waals surface area contributed by atoms with E-state index in [2.05, 4.69) is 37.7 Å². The summed E-state index contributed by atoms with van der Waals surface area (Å²) in [4.78, 5) is 2.18. The van der Waals surface area contributed by atoms with Gasteiger partial charge in [-0.05, 0) is 19.4 Å². The third-order valence-corrected chi connectivity index (χ3v) is 3.46. The number of hydrogen-bond acceptors (Lipinski definition) is 4. The Bertz CT molecular complexity index is 369. The normalized spacial score (nSPS) is 15.9. The van der Waals surface area contributed by atoms with Crippen molar-refractivity contribution < 1.29 is 5.11 Å². The summed E-state index contributed by atoms with van der Waals surface area (Å²) in [6, 6.07) is 0.398. The second-order valence-electron chi connectivity index (χ2n) is 6.13. The van der Waals surface area contributed by atoms with Gasteiger partial charge in [-0.15, -0.1) is 0 Å². The Kier molecular flexibility index (Phi) is 4.76. The molecule has 0 amide bonds. The van der Waals surface area contributed by atoms with Gasteiger partial charge in [-0.1, -0.05) is 20.8 Å². The Morgan fingerprint density at radius 2 is 2.11 bits per heavy atom. The van der Waals surface area contributed by atoms with Crippen LogP contribution in [-0.2, 0) is 6.54 Å². The molecule has 1 aromatic heterocycles. The van der Waals surface area contributed by atoms with Crippen LogP contribution in [0.5, 0.6) is 0 Å². The van der Waals surface area contributed by atoms with Gasteiger partial charge in [-0.25, -0.2) is 0 Å². The quantitative estimate of drug-likeness (QED) is 0.828. The zero-order valence-electron chi connectivity index (χ0n) is 12.1. The minimum atomic E-state index is -0.445. The number of aliphatic hydroxyl groups is 1. The van der Waals surface area contributed by atoms with Gasteiger partial charge in [0, 0.05) is 18.8 Å². The van der Waals surface area contributed by atoms with E-state index in [1.165, 1.54) is 0 Å². The molecule has 1 heterocycles. The van der Waals surface area contributed by atoms with E-state index in [0.717, 1.165) is 0 Å². The third-order valence-electron chi connectivity index (χ3n) is 3.46. The lowest BCUT2D eigenvalue weighted by Gasteiger charge is -2.36. The van der Waals surface area contributed by atoms with E-state index in [1.807, 2.05) is 7.05 Å². The number of nitrogen functional groups attached to an aromatic ring is 1. The van der Waals surface area contributed by atoms with Gasteiger partial charge in [0.25, 0.3) is 0 Å². The van der Waals surface area contributed by atoms with Crippen LogP contribution in [0.3, 0.4) is 0 Å². The Morgan fingerprint density at radius 3 is 2.56 bits per heavy atom. The van der Waals surface area contributed by atoms with Crippen molar-refractivity contribution in [3.05, 3.63) is 12.4 Å². The van der Waals surface area contributed by atoms with Gasteiger partial charge < -0.3 is 15.7 Å². The minimum Gasteiger partial charge on any atom is -0.396 e. The predicted molar refractivity (Wildman–Crippen MR) is 74.2 cm³/mol. The summed E-state index contributed by atoms with van der Waals surface area (Å²) in [6.07, 6.45) is 2.88. The molecule has 0 aromatic carbocycles. The molecule has 0 aliphatic carbocycles. The van der Waals surface area contributed by atoms with Gasteiger partial charge in [0.2, 0.25) is 0 Å². The van der Waals surface area contributed by atoms with Gasteiger partial charge in [0.15, 0.2) is 0 Å². The van der Waals surface area contributed by atoms with Crippen LogP contribution in [0.4, 0.5) is 5.69 Å². The fourth-order valence-electron chi connectivity index (χ4n) is 1.90. The highest BCUT2D eigenvalue weighted by atomic mass is 16.3. The molecule has 1 rings (SSSR count). The highest BCUT2D eigenvalue weighted by Gasteiger charge is 2.25. The van der Waals surface area contributed by atoms with Crippen LogP contribution in [0.25, 0.3) is 0 Å². The highest BCUT2D eigenvalue weighted by Crippen LogP contribution is 2.23. The summed E-state index contributed by atoms with van der Waals surface area (Å²) >= 11 is 0. The van der Waals surface area contributed by atoms with E-state index >= 15 is 0 Å². The average Bonchev–Trinajstić information content (AvgIpc) is 2.61. The standard InChI is InChI=1S/C13H26N4O/c1-10(13(2,3)4)16(5)8-12(18)9-17-7-11(14)6-15-17/h6-7,10,12,18H,8-9,14H2,1-5H3. The first-order valence-corrected chi connectivity index (χ1v) is 6.36. The third kappa shape index (κ3) is 4.31. The molecule has 0 spiro atoms. The largest absolute Gasteiger partial charge is 0.396 e. The first kappa shape index (κ1) is 15.0. The summed E-state index contributed by atoms with van der Waals surface area (Å²) in [5.74, 6) is 0. The van der Waals surface area contributed by atoms with E-state index in [-0.39, 0.29) is 5.41 Å². The smallest absolute Gasteiger partial charge is 0.0862 e. The number of rotatable bonds is 5. The Labute approximate surface area is 110 Å². The minimum absolute atomic E-state index is 0.199. The maximum atomic E-state index is 10.1. The summed E-state index contributed by atoms with van der Waals surface area (Å²) in [5.41, 5.74) is 6.41. The molecule has 1 aromatic rings. The monoisotopic (exact) mass is 254 g/mol. The van der Waals surface area contributed by atoms with Crippen LogP contribution < -0.4 is 5.73 Å². The Balaban J connectivity index is 2.47. The lowest BCUT2D eigenvalue weighted by molar-refractivity contribution is 0.0611. The fraction of sp³-hybridized carbons (Fsp3) is 0.769. The van der Waals surface area contributed by atoms with Crippen LogP contribution in [0.2, 0.25) is 0 Å². The van der Waals surface area contributed by atoms with Gasteiger partial charge >= 0.3 is 0 Å². The van der Waals surface area contributed by atoms with Gasteiger partial charge in [-0.2, -0.15) is 5.10 Å². The molecule has 0 aliphatic rings. The van der Waals surface area contributed by atoms with Crippen molar-refractivity contribution in [3.63, 3.8) is 0 Å². The average molecular weight is 254 g/mol. The molecule has 104 valence electrons. The molecule has 0 aliphatic heterocycles. The first-order chi connectivity index (χ1) is 8.20. The van der Waals surface area contributed by atoms with Crippen molar-refractivity contribution in [2.24, 2.45) is 5.41 Å². The lowest BCUT2D eigenvalue weighted by atomic mass is 9.87. The van der Waals surface area contributed by atoms with Crippen molar-refractivity contribution in [2.75, 3.05) is 19.3 Å². The van der Waals surface area contributed by atoms with Crippen LogP contribution >= 0.6 is 0 Å². The molecule has 5 nitrogen and oxygen atoms in total. The number of anilines is 1. The highest BCUT2D eigenvalue weighted by molar-refractivity contribution is 5.30. The van der Waals surface area contributed by atoms with E-state index in [4.69, 9.17) is 5.73 Å². The lowest BCUT2D eigenvalue weighted by Crippen LogP contribution is -2.43. The Morgan fingerprint density at radius 1 is 1.50 bits per heavy atom. The fourth-order valence-corrected chi connectivity index (χ4v) is 1.90. The molecule has 0 saturated carbocycles. The summed E-state index contributed by atoms with van der Waals surface area (Å²) in [5, 5.41) is 14.1. The zero-order chi connectivity index (χ0) is 13.9. The maximum Gasteiger partial charge on any atom is 0.0862 e. The first-order valence-electron chi connectivity index (χ1n) is 6.36. The topological polar surface area (TPSA) is 67.3 Å². The second-order valence-corrected chi connectivity index (χ2v) is 6.13. The van der Waals surface area contributed by atoms with Gasteiger partial charge in [0.1, 0.15) is 0 Å². The molecule has 2 atom stereocenters. The van der Waals surface area contributed by atoms with Gasteiger partial charge in [0.05, 0.1) is 24.5 Å². The van der Waals surface area contributed by atoms with E-state index < -0.39 is 6.10 Å². The molecule has 0 saturated heterocycles. The number of hydrogen-bond donors (Lipinski definition) is 2. The number of nitrogens with zero attached hydrogens (tertiary/aromatic N) is 3. The molecule has 3 N–H and O–H groups in total. The van der Waals surface area contributed by atoms with E-state index in [9.17, 15) is 5.11 Å². The summed E-state index contributed by atoms with van der Waals surface area (Å²) in [6.45, 7) is 9.88. The van der Waals surface area contributed by atoms with E-state index in [1.54, 1.807) is 17.1 Å². The summed E-state index contributed by atoms with van der Waals surface area (Å²) in [7, 11) is 2.04. The molecule has 5 heteroatoms. The SMILES string of the molecule is CC(N(C)CC(O)Cn1cc(N)cn1)C(C)(C)C. The zero-order valence-corrected chi connectivity index (χ0v) is 12.1. The molecule has 18 heavy (non-hydrogen) atoms. The van der Waals surface area contributed by atoms with Crippen LogP contribution in [-0.4, -0.2) is 45.5 Å². The number of nitrogens with two attached hydrogens (primary N) is 1. The van der Waals surface area contributed by atoms with Crippen molar-refractivity contribution in [3.8, 4) is 0 Å². The summed E-state index contributed by atoms with van der Waals surface area (Å²) < 4.78 is 1.68. The second kappa shape index (κ2) is 5.71. The molecule has 2 unspecified atom stereocenters. The Hall–Kier alpha value is -1.07. The van der Waals surface area contributed by atoms with Crippen molar-refractivity contribution >= 4 is 5.69 Å². The molecule has 0 radical (unpaired) electrons. The molecular weight excluding hydrogens is 228 g/mol. The van der Waals surface area contributed by atoms with Crippen molar-refractivity contribution in [1.82, 2.24) is 14.7 Å². The predicted octanol–water partition coefficient (Wildman–Crippen LogP) is 1.19. The molecular formula is C13H26N4O. The van der Waals surface area contributed by atoms with Gasteiger partial charge in [-0.3, -0.25) is 4.68 Å². The number of aliphatic hydroxyl groups excluding tert-OH is 1. The maximum absolute atomic E-state index is 10.1. The van der Waals surface area contributed by atoms with Crippen LogP contribution in [0, 0.1) is 5.41 Å². The number of aromatic nitrogens is 2. The molecule has 0 bridgehead atoms. The van der Waals surface area contributed by atoms with E-state index in [0.29, 0.717) is 24.8 Å². The van der Waals surface area contributed by atoms with Crippen LogP contribution in [0.15, 0.2) is 12.4 Å². The van der Waals surface area contributed by atoms with Crippen LogP contribution in [0.1, 0.15) is 27.7 Å². The van der Waals surface area contributed by atoms with Crippen molar-refractivity contribution in [1.29, 1.82) is 0 Å².